The Bertz CT molecular complexity index is 172. The van der Waals surface area contributed by atoms with Gasteiger partial charge in [0.05, 0.1) is 12.7 Å². The second-order valence-corrected chi connectivity index (χ2v) is 5.71. The molecule has 0 aromatic heterocycles. The number of hydrogen-bond donors (Lipinski definition) is 2. The summed E-state index contributed by atoms with van der Waals surface area (Å²) in [7, 11) is 2.01. The maximum atomic E-state index is 9.41. The van der Waals surface area contributed by atoms with Crippen LogP contribution in [0.25, 0.3) is 0 Å². The molecule has 15 heavy (non-hydrogen) atoms. The van der Waals surface area contributed by atoms with Gasteiger partial charge in [-0.15, -0.1) is 0 Å². The summed E-state index contributed by atoms with van der Waals surface area (Å²) in [6, 6.07) is 0.513. The fraction of sp³-hybridized carbons (Fsp3) is 1.00. The van der Waals surface area contributed by atoms with Crippen molar-refractivity contribution in [1.82, 2.24) is 5.32 Å². The average Bonchev–Trinajstić information content (AvgIpc) is 2.71. The minimum absolute atomic E-state index is 0.229. The third-order valence-electron chi connectivity index (χ3n) is 3.12. The number of aliphatic hydroxyl groups is 1. The first-order valence-electron chi connectivity index (χ1n) is 5.69. The highest BCUT2D eigenvalue weighted by atomic mass is 32.2. The molecule has 1 rings (SSSR count). The minimum Gasteiger partial charge on any atom is -0.392 e. The molecule has 0 amide bonds. The first-order valence-corrected chi connectivity index (χ1v) is 6.74. The summed E-state index contributed by atoms with van der Waals surface area (Å²) in [6.07, 6.45) is 0.933. The van der Waals surface area contributed by atoms with Gasteiger partial charge in [0.2, 0.25) is 0 Å². The molecule has 90 valence electrons. The van der Waals surface area contributed by atoms with Gasteiger partial charge in [-0.2, -0.15) is 11.8 Å². The Hall–Kier alpha value is 0.230. The lowest BCUT2D eigenvalue weighted by Crippen LogP contribution is -2.37. The molecule has 0 radical (unpaired) electrons. The average molecular weight is 233 g/mol. The monoisotopic (exact) mass is 233 g/mol. The van der Waals surface area contributed by atoms with Crippen LogP contribution in [0, 0.1) is 5.92 Å². The van der Waals surface area contributed by atoms with E-state index in [1.165, 1.54) is 0 Å². The van der Waals surface area contributed by atoms with Crippen molar-refractivity contribution >= 4 is 11.8 Å². The number of hydrogen-bond acceptors (Lipinski definition) is 4. The molecule has 4 atom stereocenters. The normalized spacial score (nSPS) is 27.6. The van der Waals surface area contributed by atoms with Gasteiger partial charge < -0.3 is 15.2 Å². The SMILES string of the molecule is CNC(CSC(C)C(C)O)C1CCOC1. The Kier molecular flexibility index (Phi) is 5.97. The van der Waals surface area contributed by atoms with Crippen LogP contribution in [0.3, 0.4) is 0 Å². The van der Waals surface area contributed by atoms with Gasteiger partial charge in [0.1, 0.15) is 0 Å². The highest BCUT2D eigenvalue weighted by molar-refractivity contribution is 7.99. The summed E-state index contributed by atoms with van der Waals surface area (Å²) in [5, 5.41) is 13.1. The number of thioether (sulfide) groups is 1. The summed E-state index contributed by atoms with van der Waals surface area (Å²) in [5.41, 5.74) is 0. The van der Waals surface area contributed by atoms with Gasteiger partial charge in [-0.3, -0.25) is 0 Å². The molecule has 1 aliphatic heterocycles. The smallest absolute Gasteiger partial charge is 0.0628 e. The molecule has 0 spiro atoms. The van der Waals surface area contributed by atoms with Crippen LogP contribution < -0.4 is 5.32 Å². The van der Waals surface area contributed by atoms with Gasteiger partial charge in [-0.05, 0) is 20.4 Å². The van der Waals surface area contributed by atoms with Crippen LogP contribution in [0.4, 0.5) is 0 Å². The van der Waals surface area contributed by atoms with Crippen LogP contribution in [0.2, 0.25) is 0 Å². The molecule has 4 unspecified atom stereocenters. The highest BCUT2D eigenvalue weighted by Crippen LogP contribution is 2.22. The molecular formula is C11H23NO2S. The molecule has 0 aliphatic carbocycles. The Balaban J connectivity index is 2.27. The van der Waals surface area contributed by atoms with Crippen molar-refractivity contribution in [3.8, 4) is 0 Å². The van der Waals surface area contributed by atoms with Crippen molar-refractivity contribution in [2.45, 2.75) is 37.7 Å². The Morgan fingerprint density at radius 1 is 1.53 bits per heavy atom. The summed E-state index contributed by atoms with van der Waals surface area (Å²) in [4.78, 5) is 0. The van der Waals surface area contributed by atoms with Crippen LogP contribution in [0.1, 0.15) is 20.3 Å². The zero-order chi connectivity index (χ0) is 11.3. The zero-order valence-corrected chi connectivity index (χ0v) is 10.7. The van der Waals surface area contributed by atoms with Gasteiger partial charge in [0.15, 0.2) is 0 Å². The molecule has 1 fully saturated rings. The van der Waals surface area contributed by atoms with Gasteiger partial charge in [-0.25, -0.2) is 0 Å². The zero-order valence-electron chi connectivity index (χ0n) is 9.90. The topological polar surface area (TPSA) is 41.5 Å². The van der Waals surface area contributed by atoms with Crippen molar-refractivity contribution in [2.24, 2.45) is 5.92 Å². The molecule has 4 heteroatoms. The minimum atomic E-state index is -0.229. The fourth-order valence-electron chi connectivity index (χ4n) is 1.72. The maximum Gasteiger partial charge on any atom is 0.0628 e. The van der Waals surface area contributed by atoms with Crippen LogP contribution in [-0.4, -0.2) is 48.5 Å². The molecule has 0 aromatic rings. The van der Waals surface area contributed by atoms with E-state index in [4.69, 9.17) is 4.74 Å². The number of ether oxygens (including phenoxy) is 1. The molecular weight excluding hydrogens is 210 g/mol. The lowest BCUT2D eigenvalue weighted by Gasteiger charge is -2.24. The molecule has 0 bridgehead atoms. The van der Waals surface area contributed by atoms with Crippen molar-refractivity contribution in [2.75, 3.05) is 26.0 Å². The molecule has 1 heterocycles. The standard InChI is InChI=1S/C11H23NO2S/c1-8(13)9(2)15-7-11(12-3)10-4-5-14-6-10/h8-13H,4-7H2,1-3H3. The Morgan fingerprint density at radius 2 is 2.27 bits per heavy atom. The van der Waals surface area contributed by atoms with Crippen LogP contribution >= 0.6 is 11.8 Å². The molecule has 3 nitrogen and oxygen atoms in total. The van der Waals surface area contributed by atoms with Crippen molar-refractivity contribution < 1.29 is 9.84 Å². The second kappa shape index (κ2) is 6.74. The van der Waals surface area contributed by atoms with E-state index < -0.39 is 0 Å². The van der Waals surface area contributed by atoms with Crippen LogP contribution in [0.5, 0.6) is 0 Å². The van der Waals surface area contributed by atoms with Crippen molar-refractivity contribution in [3.05, 3.63) is 0 Å². The van der Waals surface area contributed by atoms with Crippen LogP contribution in [-0.2, 0) is 4.74 Å². The van der Waals surface area contributed by atoms with E-state index in [0.29, 0.717) is 17.2 Å². The van der Waals surface area contributed by atoms with E-state index in [2.05, 4.69) is 12.2 Å². The van der Waals surface area contributed by atoms with Gasteiger partial charge >= 0.3 is 0 Å². The number of nitrogens with one attached hydrogen (secondary N) is 1. The number of aliphatic hydroxyl groups excluding tert-OH is 1. The van der Waals surface area contributed by atoms with E-state index in [9.17, 15) is 5.11 Å². The summed E-state index contributed by atoms with van der Waals surface area (Å²) >= 11 is 1.84. The van der Waals surface area contributed by atoms with Gasteiger partial charge in [-0.1, -0.05) is 6.92 Å². The molecule has 1 aliphatic rings. The van der Waals surface area contributed by atoms with E-state index in [-0.39, 0.29) is 6.10 Å². The molecule has 1 saturated heterocycles. The summed E-state index contributed by atoms with van der Waals surface area (Å²) < 4.78 is 5.40. The van der Waals surface area contributed by atoms with Crippen LogP contribution in [0.15, 0.2) is 0 Å². The van der Waals surface area contributed by atoms with Crippen molar-refractivity contribution in [3.63, 3.8) is 0 Å². The largest absolute Gasteiger partial charge is 0.392 e. The van der Waals surface area contributed by atoms with Crippen molar-refractivity contribution in [1.29, 1.82) is 0 Å². The predicted molar refractivity (Wildman–Crippen MR) is 65.4 cm³/mol. The lowest BCUT2D eigenvalue weighted by molar-refractivity contribution is 0.179. The summed E-state index contributed by atoms with van der Waals surface area (Å²) in [5.74, 6) is 1.69. The van der Waals surface area contributed by atoms with E-state index in [0.717, 1.165) is 25.4 Å². The summed E-state index contributed by atoms with van der Waals surface area (Å²) in [6.45, 7) is 5.71. The maximum absolute atomic E-state index is 9.41. The predicted octanol–water partition coefficient (Wildman–Crippen LogP) is 1.11. The third kappa shape index (κ3) is 4.31. The highest BCUT2D eigenvalue weighted by Gasteiger charge is 2.25. The molecule has 2 N–H and O–H groups in total. The molecule has 0 saturated carbocycles. The number of rotatable bonds is 6. The van der Waals surface area contributed by atoms with E-state index >= 15 is 0 Å². The molecule has 0 aromatic carbocycles. The van der Waals surface area contributed by atoms with E-state index in [1.807, 2.05) is 25.7 Å². The fourth-order valence-corrected chi connectivity index (χ4v) is 2.95. The van der Waals surface area contributed by atoms with Gasteiger partial charge in [0.25, 0.3) is 0 Å². The van der Waals surface area contributed by atoms with E-state index in [1.54, 1.807) is 0 Å². The third-order valence-corrected chi connectivity index (χ3v) is 4.59. The quantitative estimate of drug-likeness (QED) is 0.721. The lowest BCUT2D eigenvalue weighted by atomic mass is 10.0. The van der Waals surface area contributed by atoms with Gasteiger partial charge in [0, 0.05) is 29.6 Å². The Labute approximate surface area is 97.0 Å². The second-order valence-electron chi connectivity index (χ2n) is 4.30. The first kappa shape index (κ1) is 13.3. The Morgan fingerprint density at radius 3 is 2.73 bits per heavy atom. The first-order chi connectivity index (χ1) is 7.15.